The van der Waals surface area contributed by atoms with Gasteiger partial charge in [0.05, 0.1) is 18.3 Å². The van der Waals surface area contributed by atoms with E-state index >= 15 is 0 Å². The van der Waals surface area contributed by atoms with E-state index < -0.39 is 0 Å². The van der Waals surface area contributed by atoms with Crippen molar-refractivity contribution in [1.29, 1.82) is 0 Å². The molecule has 1 aromatic heterocycles. The lowest BCUT2D eigenvalue weighted by molar-refractivity contribution is 0.357. The summed E-state index contributed by atoms with van der Waals surface area (Å²) in [6.07, 6.45) is 12.1. The molecule has 1 heterocycles. The molecule has 1 aliphatic rings. The fourth-order valence-electron chi connectivity index (χ4n) is 4.15. The van der Waals surface area contributed by atoms with E-state index in [1.165, 1.54) is 43.1 Å². The lowest BCUT2D eigenvalue weighted by Gasteiger charge is -2.23. The number of aromatic nitrogens is 1. The Hall–Kier alpha value is -1.81. The molecule has 3 rings (SSSR count). The second kappa shape index (κ2) is 9.22. The molecule has 1 fully saturated rings. The average Bonchev–Trinajstić information content (AvgIpc) is 2.67. The van der Waals surface area contributed by atoms with Gasteiger partial charge in [-0.1, -0.05) is 32.1 Å². The standard InChI is InChI=1S/C22H33N3O/c1-16(7-6-11-23)25-21-15-19(26-2)14-20-18(10-12-24-22(20)21)13-17-8-4-3-5-9-17/h10,12,14-17,25H,3-9,11,13,23H2,1-2H3. The van der Waals surface area contributed by atoms with Crippen LogP contribution in [0.4, 0.5) is 5.69 Å². The first-order valence-electron chi connectivity index (χ1n) is 10.1. The van der Waals surface area contributed by atoms with Gasteiger partial charge in [0.25, 0.3) is 0 Å². The number of nitrogens with one attached hydrogen (secondary N) is 1. The molecule has 4 nitrogen and oxygen atoms in total. The average molecular weight is 356 g/mol. The van der Waals surface area contributed by atoms with Crippen molar-refractivity contribution in [3.63, 3.8) is 0 Å². The Bertz CT molecular complexity index is 710. The quantitative estimate of drug-likeness (QED) is 0.706. The second-order valence-corrected chi connectivity index (χ2v) is 7.73. The van der Waals surface area contributed by atoms with E-state index in [2.05, 4.69) is 30.4 Å². The Labute approximate surface area is 157 Å². The van der Waals surface area contributed by atoms with Crippen LogP contribution in [0.25, 0.3) is 10.9 Å². The SMILES string of the molecule is COc1cc(NC(C)CCCN)c2nccc(CC3CCCCC3)c2c1. The van der Waals surface area contributed by atoms with Crippen molar-refractivity contribution in [2.45, 2.75) is 64.3 Å². The maximum absolute atomic E-state index is 5.65. The van der Waals surface area contributed by atoms with Crippen LogP contribution < -0.4 is 15.8 Å². The number of hydrogen-bond acceptors (Lipinski definition) is 4. The number of pyridine rings is 1. The van der Waals surface area contributed by atoms with Crippen LogP contribution in [0.1, 0.15) is 57.4 Å². The van der Waals surface area contributed by atoms with Crippen LogP contribution in [-0.4, -0.2) is 24.7 Å². The second-order valence-electron chi connectivity index (χ2n) is 7.73. The molecule has 1 aromatic carbocycles. The van der Waals surface area contributed by atoms with Crippen LogP contribution in [-0.2, 0) is 6.42 Å². The van der Waals surface area contributed by atoms with E-state index in [9.17, 15) is 0 Å². The minimum atomic E-state index is 0.359. The molecule has 3 N–H and O–H groups in total. The summed E-state index contributed by atoms with van der Waals surface area (Å²) in [5.74, 6) is 1.70. The molecule has 26 heavy (non-hydrogen) atoms. The van der Waals surface area contributed by atoms with Crippen molar-refractivity contribution in [3.05, 3.63) is 30.0 Å². The number of anilines is 1. The molecular formula is C22H33N3O. The number of nitrogens with zero attached hydrogens (tertiary/aromatic N) is 1. The van der Waals surface area contributed by atoms with Crippen LogP contribution in [0.2, 0.25) is 0 Å². The molecule has 1 atom stereocenters. The Kier molecular flexibility index (Phi) is 6.73. The van der Waals surface area contributed by atoms with Gasteiger partial charge < -0.3 is 15.8 Å². The Morgan fingerprint density at radius 2 is 2.08 bits per heavy atom. The van der Waals surface area contributed by atoms with Crippen molar-refractivity contribution < 1.29 is 4.74 Å². The molecule has 4 heteroatoms. The van der Waals surface area contributed by atoms with Gasteiger partial charge >= 0.3 is 0 Å². The maximum Gasteiger partial charge on any atom is 0.121 e. The minimum Gasteiger partial charge on any atom is -0.497 e. The maximum atomic E-state index is 5.65. The highest BCUT2D eigenvalue weighted by Crippen LogP contribution is 2.34. The fourth-order valence-corrected chi connectivity index (χ4v) is 4.15. The smallest absolute Gasteiger partial charge is 0.121 e. The van der Waals surface area contributed by atoms with Crippen molar-refractivity contribution in [2.24, 2.45) is 11.7 Å². The summed E-state index contributed by atoms with van der Waals surface area (Å²) in [4.78, 5) is 4.70. The predicted octanol–water partition coefficient (Wildman–Crippen LogP) is 4.91. The molecular weight excluding hydrogens is 322 g/mol. The van der Waals surface area contributed by atoms with Gasteiger partial charge in [-0.3, -0.25) is 4.98 Å². The van der Waals surface area contributed by atoms with Gasteiger partial charge in [0.1, 0.15) is 5.75 Å². The number of rotatable bonds is 8. The molecule has 0 radical (unpaired) electrons. The largest absolute Gasteiger partial charge is 0.497 e. The van der Waals surface area contributed by atoms with Gasteiger partial charge in [0.15, 0.2) is 0 Å². The molecule has 1 aliphatic carbocycles. The topological polar surface area (TPSA) is 60.2 Å². The Morgan fingerprint density at radius 1 is 1.27 bits per heavy atom. The third-order valence-electron chi connectivity index (χ3n) is 5.62. The van der Waals surface area contributed by atoms with Crippen LogP contribution in [0.5, 0.6) is 5.75 Å². The van der Waals surface area contributed by atoms with Crippen molar-refractivity contribution in [2.75, 3.05) is 19.0 Å². The number of benzene rings is 1. The zero-order valence-electron chi connectivity index (χ0n) is 16.3. The highest BCUT2D eigenvalue weighted by atomic mass is 16.5. The molecule has 0 saturated heterocycles. The van der Waals surface area contributed by atoms with Gasteiger partial charge in [-0.05, 0) is 56.3 Å². The predicted molar refractivity (Wildman–Crippen MR) is 110 cm³/mol. The van der Waals surface area contributed by atoms with Crippen molar-refractivity contribution >= 4 is 16.6 Å². The number of hydrogen-bond donors (Lipinski definition) is 2. The third kappa shape index (κ3) is 4.67. The Morgan fingerprint density at radius 3 is 2.81 bits per heavy atom. The summed E-state index contributed by atoms with van der Waals surface area (Å²) < 4.78 is 5.58. The van der Waals surface area contributed by atoms with E-state index in [1.54, 1.807) is 7.11 Å². The molecule has 2 aromatic rings. The number of nitrogens with two attached hydrogens (primary N) is 1. The van der Waals surface area contributed by atoms with Crippen molar-refractivity contribution in [1.82, 2.24) is 4.98 Å². The summed E-state index contributed by atoms with van der Waals surface area (Å²) in [5, 5.41) is 4.85. The zero-order chi connectivity index (χ0) is 18.4. The lowest BCUT2D eigenvalue weighted by atomic mass is 9.84. The van der Waals surface area contributed by atoms with Crippen LogP contribution in [0.3, 0.4) is 0 Å². The summed E-state index contributed by atoms with van der Waals surface area (Å²) in [6.45, 7) is 2.93. The third-order valence-corrected chi connectivity index (χ3v) is 5.62. The van der Waals surface area contributed by atoms with Gasteiger partial charge in [-0.25, -0.2) is 0 Å². The monoisotopic (exact) mass is 355 g/mol. The Balaban J connectivity index is 1.91. The summed E-state index contributed by atoms with van der Waals surface area (Å²) in [7, 11) is 1.74. The van der Waals surface area contributed by atoms with Gasteiger partial charge in [-0.2, -0.15) is 0 Å². The first kappa shape index (κ1) is 19.0. The first-order valence-corrected chi connectivity index (χ1v) is 10.1. The zero-order valence-corrected chi connectivity index (χ0v) is 16.3. The molecule has 142 valence electrons. The van der Waals surface area contributed by atoms with Crippen molar-refractivity contribution in [3.8, 4) is 5.75 Å². The van der Waals surface area contributed by atoms with Crippen LogP contribution >= 0.6 is 0 Å². The van der Waals surface area contributed by atoms with Crippen LogP contribution in [0.15, 0.2) is 24.4 Å². The van der Waals surface area contributed by atoms with Gasteiger partial charge in [0, 0.05) is 23.7 Å². The summed E-state index contributed by atoms with van der Waals surface area (Å²) in [5.41, 5.74) is 9.17. The van der Waals surface area contributed by atoms with E-state index in [1.807, 2.05) is 6.20 Å². The minimum absolute atomic E-state index is 0.359. The van der Waals surface area contributed by atoms with E-state index in [0.29, 0.717) is 6.04 Å². The molecule has 0 spiro atoms. The molecule has 0 bridgehead atoms. The highest BCUT2D eigenvalue weighted by Gasteiger charge is 2.17. The summed E-state index contributed by atoms with van der Waals surface area (Å²) >= 11 is 0. The highest BCUT2D eigenvalue weighted by molar-refractivity contribution is 5.94. The van der Waals surface area contributed by atoms with Gasteiger partial charge in [0.2, 0.25) is 0 Å². The normalized spacial score (nSPS) is 16.6. The van der Waals surface area contributed by atoms with E-state index in [-0.39, 0.29) is 0 Å². The molecule has 1 unspecified atom stereocenters. The fraction of sp³-hybridized carbons (Fsp3) is 0.591. The molecule has 0 amide bonds. The van der Waals surface area contributed by atoms with Gasteiger partial charge in [-0.15, -0.1) is 0 Å². The molecule has 0 aliphatic heterocycles. The van der Waals surface area contributed by atoms with E-state index in [4.69, 9.17) is 15.5 Å². The summed E-state index contributed by atoms with van der Waals surface area (Å²) in [6, 6.07) is 6.77. The van der Waals surface area contributed by atoms with Crippen LogP contribution in [0, 0.1) is 5.92 Å². The number of fused-ring (bicyclic) bond motifs is 1. The first-order chi connectivity index (χ1) is 12.7. The van der Waals surface area contributed by atoms with E-state index in [0.717, 1.165) is 48.7 Å². The molecule has 1 saturated carbocycles. The number of ether oxygens (including phenoxy) is 1. The number of methoxy groups -OCH3 is 1. The lowest BCUT2D eigenvalue weighted by Crippen LogP contribution is -2.17.